The largest absolute Gasteiger partial charge is 0.349 e. The van der Waals surface area contributed by atoms with Crippen LogP contribution in [0.25, 0.3) is 5.52 Å². The molecule has 3 rings (SSSR count). The molecule has 5 nitrogen and oxygen atoms in total. The van der Waals surface area contributed by atoms with Gasteiger partial charge < -0.3 is 5.32 Å². The number of anilines is 1. The van der Waals surface area contributed by atoms with E-state index in [4.69, 9.17) is 4.98 Å². The van der Waals surface area contributed by atoms with Crippen molar-refractivity contribution in [3.05, 3.63) is 53.1 Å². The van der Waals surface area contributed by atoms with Crippen molar-refractivity contribution in [2.45, 2.75) is 46.6 Å². The number of aromatic nitrogens is 4. The lowest BCUT2D eigenvalue weighted by Crippen LogP contribution is -2.13. The van der Waals surface area contributed by atoms with Crippen molar-refractivity contribution in [3.8, 4) is 0 Å². The van der Waals surface area contributed by atoms with Gasteiger partial charge in [0.15, 0.2) is 0 Å². The first-order valence-electron chi connectivity index (χ1n) is 7.87. The van der Waals surface area contributed by atoms with Crippen molar-refractivity contribution in [2.75, 3.05) is 5.32 Å². The van der Waals surface area contributed by atoms with Gasteiger partial charge in [-0.2, -0.15) is 9.61 Å². The molecule has 0 unspecified atom stereocenters. The topological polar surface area (TPSA) is 55.1 Å². The van der Waals surface area contributed by atoms with Gasteiger partial charge in [0.1, 0.15) is 0 Å². The van der Waals surface area contributed by atoms with Gasteiger partial charge in [0.05, 0.1) is 29.1 Å². The highest BCUT2D eigenvalue weighted by Crippen LogP contribution is 2.30. The van der Waals surface area contributed by atoms with Gasteiger partial charge in [-0.25, -0.2) is 4.98 Å². The zero-order valence-corrected chi connectivity index (χ0v) is 14.4. The third kappa shape index (κ3) is 3.04. The van der Waals surface area contributed by atoms with Crippen LogP contribution in [0, 0.1) is 13.8 Å². The van der Waals surface area contributed by atoms with Crippen LogP contribution in [-0.4, -0.2) is 19.6 Å². The Kier molecular flexibility index (Phi) is 3.80. The summed E-state index contributed by atoms with van der Waals surface area (Å²) in [5, 5.41) is 8.03. The molecule has 23 heavy (non-hydrogen) atoms. The van der Waals surface area contributed by atoms with Crippen molar-refractivity contribution >= 4 is 11.5 Å². The van der Waals surface area contributed by atoms with Crippen LogP contribution in [0.3, 0.4) is 0 Å². The Balaban J connectivity index is 2.06. The molecule has 0 spiro atoms. The molecule has 1 N–H and O–H groups in total. The maximum atomic E-state index is 4.84. The molecule has 120 valence electrons. The number of pyridine rings is 1. The second-order valence-corrected chi connectivity index (χ2v) is 6.94. The molecule has 0 atom stereocenters. The first kappa shape index (κ1) is 15.5. The average Bonchev–Trinajstić information content (AvgIpc) is 2.85. The van der Waals surface area contributed by atoms with E-state index in [0.29, 0.717) is 6.54 Å². The average molecular weight is 309 g/mol. The minimum atomic E-state index is -0.0438. The molecule has 0 bridgehead atoms. The Morgan fingerprint density at radius 2 is 1.96 bits per heavy atom. The van der Waals surface area contributed by atoms with E-state index in [9.17, 15) is 0 Å². The number of hydrogen-bond acceptors (Lipinski definition) is 4. The summed E-state index contributed by atoms with van der Waals surface area (Å²) in [6, 6.07) is 8.01. The molecule has 0 aliphatic rings. The highest BCUT2D eigenvalue weighted by atomic mass is 15.3. The van der Waals surface area contributed by atoms with Crippen molar-refractivity contribution in [1.29, 1.82) is 0 Å². The van der Waals surface area contributed by atoms with Gasteiger partial charge in [0, 0.05) is 11.6 Å². The standard InChI is InChI=1S/C18H23N5/c1-12-10-13(2)22-23-15(12)16(18(3,4)5)21-17(23)20-11-14-8-6-7-9-19-14/h6-10H,11H2,1-5H3,(H,20,21). The monoisotopic (exact) mass is 309 g/mol. The Morgan fingerprint density at radius 3 is 2.61 bits per heavy atom. The Morgan fingerprint density at radius 1 is 1.17 bits per heavy atom. The summed E-state index contributed by atoms with van der Waals surface area (Å²) >= 11 is 0. The molecule has 0 aliphatic heterocycles. The van der Waals surface area contributed by atoms with Gasteiger partial charge in [-0.3, -0.25) is 4.98 Å². The summed E-state index contributed by atoms with van der Waals surface area (Å²) in [6.45, 7) is 11.3. The van der Waals surface area contributed by atoms with E-state index in [1.165, 1.54) is 5.56 Å². The SMILES string of the molecule is Cc1cc(C)c2c(C(C)(C)C)nc(NCc3ccccn3)n2n1. The fourth-order valence-corrected chi connectivity index (χ4v) is 2.74. The van der Waals surface area contributed by atoms with Crippen LogP contribution in [0.15, 0.2) is 30.5 Å². The van der Waals surface area contributed by atoms with E-state index in [2.05, 4.69) is 49.2 Å². The van der Waals surface area contributed by atoms with Crippen LogP contribution in [0.4, 0.5) is 5.95 Å². The molecule has 0 aliphatic carbocycles. The molecule has 3 heterocycles. The molecule has 3 aromatic rings. The second-order valence-electron chi connectivity index (χ2n) is 6.94. The molecule has 0 saturated carbocycles. The molecule has 0 radical (unpaired) electrons. The predicted molar refractivity (Wildman–Crippen MR) is 92.7 cm³/mol. The van der Waals surface area contributed by atoms with Crippen LogP contribution in [0.2, 0.25) is 0 Å². The Hall–Kier alpha value is -2.43. The molecular weight excluding hydrogens is 286 g/mol. The molecule has 0 aromatic carbocycles. The van der Waals surface area contributed by atoms with Gasteiger partial charge in [-0.1, -0.05) is 26.8 Å². The number of hydrogen-bond donors (Lipinski definition) is 1. The molecular formula is C18H23N5. The first-order chi connectivity index (χ1) is 10.9. The lowest BCUT2D eigenvalue weighted by molar-refractivity contribution is 0.577. The van der Waals surface area contributed by atoms with Gasteiger partial charge in [0.25, 0.3) is 0 Å². The number of aryl methyl sites for hydroxylation is 2. The number of fused-ring (bicyclic) bond motifs is 1. The summed E-state index contributed by atoms with van der Waals surface area (Å²) in [4.78, 5) is 9.18. The van der Waals surface area contributed by atoms with E-state index in [-0.39, 0.29) is 5.41 Å². The van der Waals surface area contributed by atoms with Crippen LogP contribution in [0.1, 0.15) is 43.4 Å². The highest BCUT2D eigenvalue weighted by molar-refractivity contribution is 5.64. The van der Waals surface area contributed by atoms with Gasteiger partial charge >= 0.3 is 0 Å². The van der Waals surface area contributed by atoms with Gasteiger partial charge in [0.2, 0.25) is 5.95 Å². The van der Waals surface area contributed by atoms with Crippen molar-refractivity contribution in [3.63, 3.8) is 0 Å². The molecule has 3 aromatic heterocycles. The Labute approximate surface area is 136 Å². The van der Waals surface area contributed by atoms with Crippen LogP contribution >= 0.6 is 0 Å². The number of imidazole rings is 1. The lowest BCUT2D eigenvalue weighted by Gasteiger charge is -2.16. The second kappa shape index (κ2) is 5.65. The number of rotatable bonds is 3. The maximum Gasteiger partial charge on any atom is 0.225 e. The summed E-state index contributed by atoms with van der Waals surface area (Å²) in [6.07, 6.45) is 1.80. The zero-order valence-electron chi connectivity index (χ0n) is 14.4. The van der Waals surface area contributed by atoms with E-state index >= 15 is 0 Å². The third-order valence-corrected chi connectivity index (χ3v) is 3.78. The minimum absolute atomic E-state index is 0.0438. The predicted octanol–water partition coefficient (Wildman–Crippen LogP) is 3.65. The van der Waals surface area contributed by atoms with E-state index in [0.717, 1.165) is 28.5 Å². The van der Waals surface area contributed by atoms with E-state index in [1.807, 2.05) is 29.6 Å². The van der Waals surface area contributed by atoms with Crippen LogP contribution < -0.4 is 5.32 Å². The van der Waals surface area contributed by atoms with Crippen molar-refractivity contribution in [1.82, 2.24) is 19.6 Å². The molecule has 0 saturated heterocycles. The van der Waals surface area contributed by atoms with Crippen LogP contribution in [-0.2, 0) is 12.0 Å². The van der Waals surface area contributed by atoms with E-state index in [1.54, 1.807) is 6.20 Å². The summed E-state index contributed by atoms with van der Waals surface area (Å²) in [5.74, 6) is 0.766. The molecule has 0 amide bonds. The summed E-state index contributed by atoms with van der Waals surface area (Å²) in [5.41, 5.74) is 5.26. The smallest absolute Gasteiger partial charge is 0.225 e. The van der Waals surface area contributed by atoms with Crippen molar-refractivity contribution < 1.29 is 0 Å². The van der Waals surface area contributed by atoms with Crippen LogP contribution in [0.5, 0.6) is 0 Å². The fourth-order valence-electron chi connectivity index (χ4n) is 2.74. The molecule has 0 fully saturated rings. The fraction of sp³-hybridized carbons (Fsp3) is 0.389. The lowest BCUT2D eigenvalue weighted by atomic mass is 9.90. The van der Waals surface area contributed by atoms with Gasteiger partial charge in [-0.05, 0) is 37.6 Å². The van der Waals surface area contributed by atoms with Gasteiger partial charge in [-0.15, -0.1) is 0 Å². The normalized spacial score (nSPS) is 11.9. The maximum absolute atomic E-state index is 4.84. The summed E-state index contributed by atoms with van der Waals surface area (Å²) < 4.78 is 1.92. The first-order valence-corrected chi connectivity index (χ1v) is 7.87. The summed E-state index contributed by atoms with van der Waals surface area (Å²) in [7, 11) is 0. The van der Waals surface area contributed by atoms with Crippen molar-refractivity contribution in [2.24, 2.45) is 0 Å². The minimum Gasteiger partial charge on any atom is -0.349 e. The number of nitrogens with zero attached hydrogens (tertiary/aromatic N) is 4. The zero-order chi connectivity index (χ0) is 16.6. The third-order valence-electron chi connectivity index (χ3n) is 3.78. The number of nitrogens with one attached hydrogen (secondary N) is 1. The quantitative estimate of drug-likeness (QED) is 0.802. The molecule has 5 heteroatoms. The Bertz CT molecular complexity index is 828. The highest BCUT2D eigenvalue weighted by Gasteiger charge is 2.24. The van der Waals surface area contributed by atoms with E-state index < -0.39 is 0 Å².